The largest absolute Gasteiger partial charge is 0.478 e. The topological polar surface area (TPSA) is 78.7 Å². The van der Waals surface area contributed by atoms with Gasteiger partial charge in [0.05, 0.1) is 12.2 Å². The molecule has 40 heavy (non-hydrogen) atoms. The van der Waals surface area contributed by atoms with Crippen molar-refractivity contribution < 1.29 is 23.5 Å². The fourth-order valence-corrected chi connectivity index (χ4v) is 6.22. The van der Waals surface area contributed by atoms with E-state index in [0.29, 0.717) is 36.9 Å². The van der Waals surface area contributed by atoms with Gasteiger partial charge in [-0.05, 0) is 54.9 Å². The lowest BCUT2D eigenvalue weighted by atomic mass is 9.88. The average Bonchev–Trinajstić information content (AvgIpc) is 3.43. The molecule has 2 aliphatic rings. The molecule has 0 spiro atoms. The van der Waals surface area contributed by atoms with Crippen molar-refractivity contribution in [2.75, 3.05) is 31.1 Å². The molecule has 2 fully saturated rings. The Balaban J connectivity index is 1.37. The van der Waals surface area contributed by atoms with E-state index < -0.39 is 29.7 Å². The van der Waals surface area contributed by atoms with Crippen LogP contribution in [-0.4, -0.2) is 57.8 Å². The van der Waals surface area contributed by atoms with Gasteiger partial charge >= 0.3 is 5.97 Å². The monoisotopic (exact) mass is 570 g/mol. The van der Waals surface area contributed by atoms with Gasteiger partial charge in [0.1, 0.15) is 11.3 Å². The summed E-state index contributed by atoms with van der Waals surface area (Å²) in [5.41, 5.74) is 3.16. The number of carboxylic acid groups (broad SMARTS) is 1. The number of piperidine rings is 2. The second kappa shape index (κ2) is 12.0. The smallest absolute Gasteiger partial charge is 0.339 e. The second-order valence-corrected chi connectivity index (χ2v) is 11.0. The van der Waals surface area contributed by atoms with E-state index in [1.807, 2.05) is 30.0 Å². The van der Waals surface area contributed by atoms with Gasteiger partial charge in [0, 0.05) is 48.9 Å². The van der Waals surface area contributed by atoms with E-state index >= 15 is 0 Å². The first-order valence-electron chi connectivity index (χ1n) is 13.8. The van der Waals surface area contributed by atoms with Gasteiger partial charge in [-0.25, -0.2) is 13.6 Å². The minimum Gasteiger partial charge on any atom is -0.478 e. The summed E-state index contributed by atoms with van der Waals surface area (Å²) in [5, 5.41) is 14.0. The summed E-state index contributed by atoms with van der Waals surface area (Å²) in [7, 11) is 0. The normalized spacial score (nSPS) is 18.4. The minimum atomic E-state index is -2.94. The fraction of sp³-hybridized carbons (Fsp3) is 0.433. The number of benzene rings is 2. The van der Waals surface area contributed by atoms with Crippen molar-refractivity contribution in [2.24, 2.45) is 0 Å². The molecule has 10 heteroatoms. The van der Waals surface area contributed by atoms with E-state index in [1.54, 1.807) is 0 Å². The zero-order valence-corrected chi connectivity index (χ0v) is 23.2. The lowest BCUT2D eigenvalue weighted by molar-refractivity contribution is -0.131. The van der Waals surface area contributed by atoms with Crippen LogP contribution in [0.25, 0.3) is 11.1 Å². The molecular weight excluding hydrogens is 538 g/mol. The molecule has 1 amide bonds. The number of amides is 1. The molecule has 3 heterocycles. The Morgan fingerprint density at radius 2 is 1.80 bits per heavy atom. The minimum absolute atomic E-state index is 0.212. The van der Waals surface area contributed by atoms with Crippen LogP contribution < -0.4 is 4.90 Å². The van der Waals surface area contributed by atoms with Gasteiger partial charge in [-0.3, -0.25) is 9.48 Å². The molecule has 1 aromatic heterocycles. The SMILES string of the molecule is CCC(=O)N1CCC(c2ccc(-c3ccc(Cl)cc3N3CCCC(n4ncc(C(=O)O)c4C(F)F)C3)cc2)CC1. The molecule has 0 bridgehead atoms. The first-order valence-corrected chi connectivity index (χ1v) is 14.2. The van der Waals surface area contributed by atoms with Gasteiger partial charge in [0.15, 0.2) is 0 Å². The summed E-state index contributed by atoms with van der Waals surface area (Å²) in [4.78, 5) is 27.6. The lowest BCUT2D eigenvalue weighted by Gasteiger charge is -2.36. The molecule has 2 saturated heterocycles. The highest BCUT2D eigenvalue weighted by atomic mass is 35.5. The van der Waals surface area contributed by atoms with E-state index in [1.165, 1.54) is 10.2 Å². The second-order valence-electron chi connectivity index (χ2n) is 10.5. The Bertz CT molecular complexity index is 1370. The third kappa shape index (κ3) is 5.70. The van der Waals surface area contributed by atoms with E-state index in [0.717, 1.165) is 55.4 Å². The van der Waals surface area contributed by atoms with E-state index in [2.05, 4.69) is 34.3 Å². The number of carboxylic acids is 1. The number of aromatic nitrogens is 2. The highest BCUT2D eigenvalue weighted by Gasteiger charge is 2.31. The van der Waals surface area contributed by atoms with Gasteiger partial charge in [-0.15, -0.1) is 0 Å². The van der Waals surface area contributed by atoms with Crippen LogP contribution in [-0.2, 0) is 4.79 Å². The number of rotatable bonds is 7. The van der Waals surface area contributed by atoms with Crippen LogP contribution >= 0.6 is 11.6 Å². The summed E-state index contributed by atoms with van der Waals surface area (Å²) < 4.78 is 28.9. The number of nitrogens with zero attached hydrogens (tertiary/aromatic N) is 4. The molecule has 1 unspecified atom stereocenters. The Labute approximate surface area is 237 Å². The zero-order chi connectivity index (χ0) is 28.4. The van der Waals surface area contributed by atoms with Gasteiger partial charge < -0.3 is 14.9 Å². The Morgan fingerprint density at radius 1 is 1.07 bits per heavy atom. The van der Waals surface area contributed by atoms with Crippen LogP contribution in [0.4, 0.5) is 14.5 Å². The number of hydrogen-bond acceptors (Lipinski definition) is 4. The fourth-order valence-electron chi connectivity index (χ4n) is 6.05. The van der Waals surface area contributed by atoms with Crippen molar-refractivity contribution >= 4 is 29.2 Å². The molecule has 0 saturated carbocycles. The maximum absolute atomic E-state index is 13.9. The van der Waals surface area contributed by atoms with E-state index in [4.69, 9.17) is 11.6 Å². The molecule has 0 aliphatic carbocycles. The average molecular weight is 571 g/mol. The Hall–Kier alpha value is -3.46. The molecule has 1 N–H and O–H groups in total. The zero-order valence-electron chi connectivity index (χ0n) is 22.4. The summed E-state index contributed by atoms with van der Waals surface area (Å²) in [6, 6.07) is 13.8. The van der Waals surface area contributed by atoms with Gasteiger partial charge in [0.2, 0.25) is 5.91 Å². The number of hydrogen-bond donors (Lipinski definition) is 1. The lowest BCUT2D eigenvalue weighted by Crippen LogP contribution is -2.38. The predicted molar refractivity (Wildman–Crippen MR) is 150 cm³/mol. The Kier molecular flexibility index (Phi) is 8.40. The number of carbonyl (C=O) groups is 2. The third-order valence-corrected chi connectivity index (χ3v) is 8.39. The van der Waals surface area contributed by atoms with Crippen molar-refractivity contribution in [3.8, 4) is 11.1 Å². The summed E-state index contributed by atoms with van der Waals surface area (Å²) in [5.74, 6) is -0.782. The standard InChI is InChI=1S/C30H33ClF2N4O3/c1-2-27(38)35-14-11-20(12-15-35)19-5-7-21(8-6-19)24-10-9-22(31)16-26(24)36-13-3-4-23(18-36)37-28(29(32)33)25(17-34-37)30(39)40/h5-10,16-17,20,23,29H,2-4,11-15,18H2,1H3,(H,39,40). The number of alkyl halides is 2. The quantitative estimate of drug-likeness (QED) is 0.338. The molecule has 0 radical (unpaired) electrons. The van der Waals surface area contributed by atoms with Crippen LogP contribution in [0.5, 0.6) is 0 Å². The van der Waals surface area contributed by atoms with Crippen LogP contribution in [0.3, 0.4) is 0 Å². The molecule has 7 nitrogen and oxygen atoms in total. The molecule has 3 aromatic rings. The predicted octanol–water partition coefficient (Wildman–Crippen LogP) is 6.80. The molecule has 212 valence electrons. The van der Waals surface area contributed by atoms with Crippen LogP contribution in [0.15, 0.2) is 48.7 Å². The molecule has 5 rings (SSSR count). The summed E-state index contributed by atoms with van der Waals surface area (Å²) >= 11 is 6.42. The van der Waals surface area contributed by atoms with Crippen LogP contribution in [0.2, 0.25) is 5.02 Å². The van der Waals surface area contributed by atoms with Gasteiger partial charge in [-0.2, -0.15) is 5.10 Å². The van der Waals surface area contributed by atoms with Crippen molar-refractivity contribution in [3.63, 3.8) is 0 Å². The molecular formula is C30H33ClF2N4O3. The number of anilines is 1. The summed E-state index contributed by atoms with van der Waals surface area (Å²) in [6.07, 6.45) is 1.86. The maximum Gasteiger partial charge on any atom is 0.339 e. The van der Waals surface area contributed by atoms with Crippen molar-refractivity contribution in [1.29, 1.82) is 0 Å². The third-order valence-electron chi connectivity index (χ3n) is 8.16. The molecule has 2 aliphatic heterocycles. The summed E-state index contributed by atoms with van der Waals surface area (Å²) in [6.45, 7) is 4.59. The van der Waals surface area contributed by atoms with Crippen molar-refractivity contribution in [1.82, 2.24) is 14.7 Å². The van der Waals surface area contributed by atoms with Crippen LogP contribution in [0, 0.1) is 0 Å². The molecule has 1 atom stereocenters. The first-order chi connectivity index (χ1) is 19.3. The number of aromatic carboxylic acids is 1. The highest BCUT2D eigenvalue weighted by Crippen LogP contribution is 2.38. The maximum atomic E-state index is 13.9. The molecule has 2 aromatic carbocycles. The number of carbonyl (C=O) groups excluding carboxylic acids is 1. The highest BCUT2D eigenvalue weighted by molar-refractivity contribution is 6.31. The Morgan fingerprint density at radius 3 is 2.45 bits per heavy atom. The van der Waals surface area contributed by atoms with E-state index in [9.17, 15) is 23.5 Å². The van der Waals surface area contributed by atoms with Crippen molar-refractivity contribution in [3.05, 3.63) is 70.5 Å². The number of likely N-dealkylation sites (tertiary alicyclic amines) is 1. The van der Waals surface area contributed by atoms with E-state index in [-0.39, 0.29) is 5.91 Å². The first kappa shape index (κ1) is 28.1. The van der Waals surface area contributed by atoms with Gasteiger partial charge in [-0.1, -0.05) is 48.9 Å². The number of halogens is 3. The van der Waals surface area contributed by atoms with Gasteiger partial charge in [0.25, 0.3) is 6.43 Å². The van der Waals surface area contributed by atoms with Crippen molar-refractivity contribution in [2.45, 2.75) is 57.4 Å². The van der Waals surface area contributed by atoms with Crippen LogP contribution in [0.1, 0.15) is 79.0 Å².